The van der Waals surface area contributed by atoms with E-state index in [0.29, 0.717) is 4.83 Å². The lowest BCUT2D eigenvalue weighted by Gasteiger charge is -2.01. The first-order chi connectivity index (χ1) is 3.77. The third-order valence-electron chi connectivity index (χ3n) is 0.569. The zero-order chi connectivity index (χ0) is 6.41. The van der Waals surface area contributed by atoms with E-state index in [4.69, 9.17) is 4.74 Å². The lowest BCUT2D eigenvalue weighted by Crippen LogP contribution is -2.05. The van der Waals surface area contributed by atoms with Gasteiger partial charge in [0.1, 0.15) is 0 Å². The van der Waals surface area contributed by atoms with Crippen LogP contribution >= 0.6 is 31.9 Å². The molecular weight excluding hydrogens is 236 g/mol. The van der Waals surface area contributed by atoms with Crippen LogP contribution in [-0.2, 0) is 4.74 Å². The van der Waals surface area contributed by atoms with Gasteiger partial charge in [-0.1, -0.05) is 38.8 Å². The molecule has 1 unspecified atom stereocenters. The molecule has 1 atom stereocenters. The number of rotatable bonds is 4. The Morgan fingerprint density at radius 1 is 1.62 bits per heavy atom. The molecule has 0 aliphatic heterocycles. The van der Waals surface area contributed by atoms with Crippen molar-refractivity contribution in [2.45, 2.75) is 11.8 Å². The molecule has 0 radical (unpaired) electrons. The lowest BCUT2D eigenvalue weighted by molar-refractivity contribution is 0.156. The second-order valence-electron chi connectivity index (χ2n) is 1.54. The van der Waals surface area contributed by atoms with Crippen molar-refractivity contribution in [2.24, 2.45) is 0 Å². The highest BCUT2D eigenvalue weighted by Crippen LogP contribution is 1.96. The number of hydrogen-bond acceptors (Lipinski definition) is 1. The third-order valence-corrected chi connectivity index (χ3v) is 1.16. The van der Waals surface area contributed by atoms with E-state index in [1.807, 2.05) is 0 Å². The average molecular weight is 246 g/mol. The molecule has 0 rings (SSSR count). The molecule has 0 heterocycles. The van der Waals surface area contributed by atoms with Gasteiger partial charge in [0.15, 0.2) is 0 Å². The lowest BCUT2D eigenvalue weighted by atomic mass is 10.5. The topological polar surface area (TPSA) is 9.23 Å². The van der Waals surface area contributed by atoms with Gasteiger partial charge < -0.3 is 4.74 Å². The van der Waals surface area contributed by atoms with Crippen LogP contribution in [0.4, 0.5) is 0 Å². The Morgan fingerprint density at radius 3 is 2.62 bits per heavy atom. The highest BCUT2D eigenvalue weighted by atomic mass is 79.9. The Hall–Kier alpha value is 0.920. The molecular formula is C5H10Br2O. The molecule has 50 valence electrons. The van der Waals surface area contributed by atoms with Crippen molar-refractivity contribution in [3.8, 4) is 0 Å². The van der Waals surface area contributed by atoms with Crippen LogP contribution < -0.4 is 0 Å². The van der Waals surface area contributed by atoms with Gasteiger partial charge in [-0.3, -0.25) is 0 Å². The summed E-state index contributed by atoms with van der Waals surface area (Å²) in [6.45, 7) is 3.66. The zero-order valence-electron chi connectivity index (χ0n) is 4.86. The molecule has 0 saturated heterocycles. The Kier molecular flexibility index (Phi) is 6.74. The van der Waals surface area contributed by atoms with Crippen molar-refractivity contribution in [3.63, 3.8) is 0 Å². The second-order valence-corrected chi connectivity index (χ2v) is 3.90. The largest absolute Gasteiger partial charge is 0.379 e. The quantitative estimate of drug-likeness (QED) is 0.545. The maximum atomic E-state index is 5.15. The molecule has 0 aromatic heterocycles. The van der Waals surface area contributed by atoms with Crippen LogP contribution in [0.25, 0.3) is 0 Å². The molecule has 0 saturated carbocycles. The van der Waals surface area contributed by atoms with Crippen molar-refractivity contribution < 1.29 is 4.74 Å². The van der Waals surface area contributed by atoms with E-state index in [-0.39, 0.29) is 0 Å². The van der Waals surface area contributed by atoms with Crippen LogP contribution in [0.1, 0.15) is 6.92 Å². The molecule has 0 aliphatic rings. The second kappa shape index (κ2) is 6.05. The van der Waals surface area contributed by atoms with Crippen LogP contribution in [0.3, 0.4) is 0 Å². The van der Waals surface area contributed by atoms with E-state index < -0.39 is 0 Å². The normalized spacial score (nSPS) is 13.9. The summed E-state index contributed by atoms with van der Waals surface area (Å²) in [6.07, 6.45) is 0. The maximum Gasteiger partial charge on any atom is 0.0589 e. The fourth-order valence-electron chi connectivity index (χ4n) is 0.300. The van der Waals surface area contributed by atoms with Crippen LogP contribution in [0.15, 0.2) is 0 Å². The number of hydrogen-bond donors (Lipinski definition) is 0. The van der Waals surface area contributed by atoms with Crippen molar-refractivity contribution in [1.82, 2.24) is 0 Å². The van der Waals surface area contributed by atoms with E-state index >= 15 is 0 Å². The van der Waals surface area contributed by atoms with Gasteiger partial charge in [0.05, 0.1) is 13.2 Å². The molecule has 1 nitrogen and oxygen atoms in total. The van der Waals surface area contributed by atoms with Crippen molar-refractivity contribution in [3.05, 3.63) is 0 Å². The molecule has 0 aromatic rings. The minimum absolute atomic E-state index is 0.474. The molecule has 0 amide bonds. The highest BCUT2D eigenvalue weighted by Gasteiger charge is 1.92. The summed E-state index contributed by atoms with van der Waals surface area (Å²) < 4.78 is 5.15. The van der Waals surface area contributed by atoms with Gasteiger partial charge in [-0.15, -0.1) is 0 Å². The molecule has 0 bridgehead atoms. The Balaban J connectivity index is 2.72. The van der Waals surface area contributed by atoms with Gasteiger partial charge in [0.25, 0.3) is 0 Å². The predicted octanol–water partition coefficient (Wildman–Crippen LogP) is 2.18. The fourth-order valence-corrected chi connectivity index (χ4v) is 0.716. The minimum atomic E-state index is 0.474. The van der Waals surface area contributed by atoms with E-state index in [9.17, 15) is 0 Å². The van der Waals surface area contributed by atoms with E-state index in [1.165, 1.54) is 0 Å². The number of alkyl halides is 2. The minimum Gasteiger partial charge on any atom is -0.379 e. The molecule has 0 fully saturated rings. The van der Waals surface area contributed by atoms with Gasteiger partial charge >= 0.3 is 0 Å². The maximum absolute atomic E-state index is 5.15. The molecule has 0 spiro atoms. The first kappa shape index (κ1) is 8.92. The summed E-state index contributed by atoms with van der Waals surface area (Å²) in [5.41, 5.74) is 0. The van der Waals surface area contributed by atoms with Crippen molar-refractivity contribution in [1.29, 1.82) is 0 Å². The molecule has 0 aliphatic carbocycles. The van der Waals surface area contributed by atoms with Crippen molar-refractivity contribution >= 4 is 31.9 Å². The van der Waals surface area contributed by atoms with E-state index in [1.54, 1.807) is 0 Å². The third kappa shape index (κ3) is 6.92. The summed E-state index contributed by atoms with van der Waals surface area (Å²) in [4.78, 5) is 0.474. The van der Waals surface area contributed by atoms with Gasteiger partial charge in [-0.05, 0) is 0 Å². The Bertz CT molecular complexity index is 47.7. The monoisotopic (exact) mass is 244 g/mol. The predicted molar refractivity (Wildman–Crippen MR) is 43.0 cm³/mol. The average Bonchev–Trinajstić information content (AvgIpc) is 1.66. The summed E-state index contributed by atoms with van der Waals surface area (Å²) in [6, 6.07) is 0. The van der Waals surface area contributed by atoms with Crippen LogP contribution in [0.5, 0.6) is 0 Å². The highest BCUT2D eigenvalue weighted by molar-refractivity contribution is 9.09. The van der Waals surface area contributed by atoms with E-state index in [0.717, 1.165) is 18.5 Å². The summed E-state index contributed by atoms with van der Waals surface area (Å²) >= 11 is 6.62. The summed E-state index contributed by atoms with van der Waals surface area (Å²) in [7, 11) is 0. The molecule has 0 aromatic carbocycles. The fraction of sp³-hybridized carbons (Fsp3) is 1.00. The number of ether oxygens (including phenoxy) is 1. The smallest absolute Gasteiger partial charge is 0.0589 e. The van der Waals surface area contributed by atoms with E-state index in [2.05, 4.69) is 38.8 Å². The Morgan fingerprint density at radius 2 is 2.25 bits per heavy atom. The zero-order valence-corrected chi connectivity index (χ0v) is 8.03. The van der Waals surface area contributed by atoms with Gasteiger partial charge in [0.2, 0.25) is 0 Å². The van der Waals surface area contributed by atoms with Gasteiger partial charge in [-0.2, -0.15) is 0 Å². The van der Waals surface area contributed by atoms with Crippen LogP contribution in [-0.4, -0.2) is 23.4 Å². The van der Waals surface area contributed by atoms with Crippen LogP contribution in [0.2, 0.25) is 0 Å². The molecule has 3 heteroatoms. The summed E-state index contributed by atoms with van der Waals surface area (Å²) in [5.74, 6) is 0. The van der Waals surface area contributed by atoms with Crippen molar-refractivity contribution in [2.75, 3.05) is 18.5 Å². The van der Waals surface area contributed by atoms with Crippen LogP contribution in [0, 0.1) is 0 Å². The first-order valence-electron chi connectivity index (χ1n) is 2.55. The molecule has 0 N–H and O–H groups in total. The standard InChI is InChI=1S/C5H10Br2O/c1-5(7)4-8-3-2-6/h5H,2-4H2,1H3. The first-order valence-corrected chi connectivity index (χ1v) is 4.59. The Labute approximate surface area is 67.0 Å². The molecule has 8 heavy (non-hydrogen) atoms. The SMILES string of the molecule is CC(Br)COCCBr. The van der Waals surface area contributed by atoms with Gasteiger partial charge in [0, 0.05) is 10.2 Å². The van der Waals surface area contributed by atoms with Gasteiger partial charge in [-0.25, -0.2) is 0 Å². The number of halogens is 2. The summed E-state index contributed by atoms with van der Waals surface area (Å²) in [5, 5.41) is 0.923.